The van der Waals surface area contributed by atoms with E-state index in [1.165, 1.54) is 16.2 Å². The Morgan fingerprint density at radius 3 is 1.70 bits per heavy atom. The summed E-state index contributed by atoms with van der Waals surface area (Å²) in [4.78, 5) is 2.34. The molecule has 2 heterocycles. The van der Waals surface area contributed by atoms with Crippen LogP contribution in [-0.4, -0.2) is 0 Å². The van der Waals surface area contributed by atoms with E-state index < -0.39 is 0 Å². The van der Waals surface area contributed by atoms with Crippen molar-refractivity contribution in [2.24, 2.45) is 0 Å². The molecule has 0 aliphatic carbocycles. The fraction of sp³-hybridized carbons (Fsp3) is 0. The zero-order chi connectivity index (χ0) is 30.9. The summed E-state index contributed by atoms with van der Waals surface area (Å²) >= 11 is 0. The zero-order valence-electron chi connectivity index (χ0n) is 25.4. The van der Waals surface area contributed by atoms with Gasteiger partial charge < -0.3 is 13.7 Å². The van der Waals surface area contributed by atoms with E-state index in [2.05, 4.69) is 157 Å². The highest BCUT2D eigenvalue weighted by atomic mass is 16.3. The molecule has 3 heteroatoms. The highest BCUT2D eigenvalue weighted by Gasteiger charge is 2.22. The summed E-state index contributed by atoms with van der Waals surface area (Å²) in [6.07, 6.45) is 0. The molecular weight excluding hydrogens is 574 g/mol. The Morgan fingerprint density at radius 2 is 0.894 bits per heavy atom. The van der Waals surface area contributed by atoms with Crippen molar-refractivity contribution >= 4 is 82.5 Å². The van der Waals surface area contributed by atoms with Gasteiger partial charge in [0.05, 0.1) is 11.1 Å². The van der Waals surface area contributed by atoms with Crippen LogP contribution in [0.4, 0.5) is 17.1 Å². The summed E-state index contributed by atoms with van der Waals surface area (Å²) in [5, 5.41) is 9.25. The molecule has 0 aliphatic heterocycles. The molecule has 2 aromatic heterocycles. The normalized spacial score (nSPS) is 11.8. The molecule has 8 aromatic carbocycles. The maximum absolute atomic E-state index is 6.74. The van der Waals surface area contributed by atoms with Gasteiger partial charge >= 0.3 is 0 Å². The van der Waals surface area contributed by atoms with Crippen LogP contribution in [-0.2, 0) is 0 Å². The second kappa shape index (κ2) is 10.1. The number of fused-ring (bicyclic) bond motifs is 11. The summed E-state index contributed by atoms with van der Waals surface area (Å²) in [5.74, 6) is 0. The van der Waals surface area contributed by atoms with Crippen molar-refractivity contribution < 1.29 is 8.83 Å². The van der Waals surface area contributed by atoms with Crippen molar-refractivity contribution in [3.8, 4) is 11.1 Å². The minimum absolute atomic E-state index is 0.869. The van der Waals surface area contributed by atoms with Crippen molar-refractivity contribution in [1.29, 1.82) is 0 Å². The first kappa shape index (κ1) is 26.0. The SMILES string of the molecule is c1ccc(N(c2ccc(-c3cccc4c3oc3ccccc34)cc2)c2cccc3oc4c5ccccc5c5ccccc5c4c23)cc1. The Hall–Kier alpha value is -6.32. The minimum Gasteiger partial charge on any atom is -0.455 e. The van der Waals surface area contributed by atoms with Gasteiger partial charge in [0, 0.05) is 38.5 Å². The van der Waals surface area contributed by atoms with Gasteiger partial charge in [-0.05, 0) is 64.2 Å². The van der Waals surface area contributed by atoms with E-state index >= 15 is 0 Å². The third-order valence-electron chi connectivity index (χ3n) is 9.45. The smallest absolute Gasteiger partial charge is 0.143 e. The molecule has 47 heavy (non-hydrogen) atoms. The number of nitrogens with zero attached hydrogens (tertiary/aromatic N) is 1. The van der Waals surface area contributed by atoms with Gasteiger partial charge in [0.15, 0.2) is 0 Å². The van der Waals surface area contributed by atoms with Gasteiger partial charge in [0.1, 0.15) is 22.3 Å². The first-order chi connectivity index (χ1) is 23.3. The third kappa shape index (κ3) is 3.87. The van der Waals surface area contributed by atoms with Gasteiger partial charge in [-0.25, -0.2) is 0 Å². The number of hydrogen-bond acceptors (Lipinski definition) is 3. The largest absolute Gasteiger partial charge is 0.455 e. The van der Waals surface area contributed by atoms with E-state index in [1.54, 1.807) is 0 Å². The molecule has 0 saturated carbocycles. The highest BCUT2D eigenvalue weighted by molar-refractivity contribution is 6.32. The number of rotatable bonds is 4. The molecule has 0 amide bonds. The predicted molar refractivity (Wildman–Crippen MR) is 196 cm³/mol. The zero-order valence-corrected chi connectivity index (χ0v) is 25.4. The Bertz CT molecular complexity index is 2790. The van der Waals surface area contributed by atoms with Crippen LogP contribution >= 0.6 is 0 Å². The summed E-state index contributed by atoms with van der Waals surface area (Å²) in [6, 6.07) is 57.6. The van der Waals surface area contributed by atoms with E-state index in [0.29, 0.717) is 0 Å². The fourth-order valence-corrected chi connectivity index (χ4v) is 7.38. The van der Waals surface area contributed by atoms with Crippen LogP contribution in [0.1, 0.15) is 0 Å². The van der Waals surface area contributed by atoms with E-state index in [0.717, 1.165) is 77.5 Å². The van der Waals surface area contributed by atoms with Crippen LogP contribution in [0, 0.1) is 0 Å². The molecule has 0 unspecified atom stereocenters. The van der Waals surface area contributed by atoms with Gasteiger partial charge in [0.2, 0.25) is 0 Å². The second-order valence-corrected chi connectivity index (χ2v) is 12.0. The third-order valence-corrected chi connectivity index (χ3v) is 9.45. The predicted octanol–water partition coefficient (Wildman–Crippen LogP) is 12.9. The van der Waals surface area contributed by atoms with Gasteiger partial charge in [0.25, 0.3) is 0 Å². The van der Waals surface area contributed by atoms with Crippen LogP contribution in [0.25, 0.3) is 76.5 Å². The fourth-order valence-electron chi connectivity index (χ4n) is 7.38. The molecule has 0 atom stereocenters. The maximum Gasteiger partial charge on any atom is 0.143 e. The van der Waals surface area contributed by atoms with Gasteiger partial charge in [-0.1, -0.05) is 121 Å². The van der Waals surface area contributed by atoms with E-state index in [1.807, 2.05) is 12.1 Å². The average Bonchev–Trinajstić information content (AvgIpc) is 3.73. The topological polar surface area (TPSA) is 29.5 Å². The van der Waals surface area contributed by atoms with Crippen LogP contribution in [0.15, 0.2) is 173 Å². The van der Waals surface area contributed by atoms with Crippen molar-refractivity contribution in [2.45, 2.75) is 0 Å². The van der Waals surface area contributed by atoms with Crippen LogP contribution in [0.5, 0.6) is 0 Å². The summed E-state index contributed by atoms with van der Waals surface area (Å²) in [7, 11) is 0. The van der Waals surface area contributed by atoms with Crippen molar-refractivity contribution in [3.05, 3.63) is 164 Å². The van der Waals surface area contributed by atoms with Crippen LogP contribution in [0.2, 0.25) is 0 Å². The van der Waals surface area contributed by atoms with E-state index in [-0.39, 0.29) is 0 Å². The van der Waals surface area contributed by atoms with Gasteiger partial charge in [-0.2, -0.15) is 0 Å². The molecule has 0 bridgehead atoms. The number of hydrogen-bond donors (Lipinski definition) is 0. The average molecular weight is 602 g/mol. The lowest BCUT2D eigenvalue weighted by Crippen LogP contribution is -2.10. The first-order valence-corrected chi connectivity index (χ1v) is 15.9. The lowest BCUT2D eigenvalue weighted by Gasteiger charge is -2.26. The number of anilines is 3. The lowest BCUT2D eigenvalue weighted by molar-refractivity contribution is 0.670. The van der Waals surface area contributed by atoms with Crippen LogP contribution in [0.3, 0.4) is 0 Å². The molecule has 10 aromatic rings. The Labute approximate surface area is 270 Å². The van der Waals surface area contributed by atoms with Crippen LogP contribution < -0.4 is 4.90 Å². The summed E-state index contributed by atoms with van der Waals surface area (Å²) in [5.41, 5.74) is 9.00. The quantitative estimate of drug-likeness (QED) is 0.188. The molecule has 0 saturated heterocycles. The Morgan fingerprint density at radius 1 is 0.340 bits per heavy atom. The minimum atomic E-state index is 0.869. The van der Waals surface area contributed by atoms with E-state index in [9.17, 15) is 0 Å². The molecule has 0 fully saturated rings. The molecular formula is C44H27NO2. The molecule has 3 nitrogen and oxygen atoms in total. The van der Waals surface area contributed by atoms with Crippen molar-refractivity contribution in [3.63, 3.8) is 0 Å². The van der Waals surface area contributed by atoms with Gasteiger partial charge in [-0.3, -0.25) is 0 Å². The lowest BCUT2D eigenvalue weighted by atomic mass is 9.96. The Balaban J connectivity index is 1.21. The number of furan rings is 2. The molecule has 10 rings (SSSR count). The first-order valence-electron chi connectivity index (χ1n) is 15.9. The standard InChI is InChI=1S/C44H27NO2/c1-2-12-29(13-3-1)45(30-26-24-28(25-27-30)31-19-10-20-37-34-16-8-9-22-39(34)46-43(31)37)38-21-11-23-40-42(38)41-35-17-6-4-14-32(35)33-15-5-7-18-36(33)44(41)47-40/h1-27H. The molecule has 0 radical (unpaired) electrons. The molecule has 0 N–H and O–H groups in total. The van der Waals surface area contributed by atoms with Gasteiger partial charge in [-0.15, -0.1) is 0 Å². The Kier molecular flexibility index (Phi) is 5.57. The highest BCUT2D eigenvalue weighted by Crippen LogP contribution is 2.47. The molecule has 220 valence electrons. The second-order valence-electron chi connectivity index (χ2n) is 12.0. The monoisotopic (exact) mass is 601 g/mol. The van der Waals surface area contributed by atoms with E-state index in [4.69, 9.17) is 8.83 Å². The number of benzene rings is 8. The maximum atomic E-state index is 6.74. The number of para-hydroxylation sites is 3. The van der Waals surface area contributed by atoms with Crippen molar-refractivity contribution in [2.75, 3.05) is 4.90 Å². The summed E-state index contributed by atoms with van der Waals surface area (Å²) < 4.78 is 13.1. The molecule has 0 spiro atoms. The summed E-state index contributed by atoms with van der Waals surface area (Å²) in [6.45, 7) is 0. The van der Waals surface area contributed by atoms with Crippen molar-refractivity contribution in [1.82, 2.24) is 0 Å². The molecule has 0 aliphatic rings.